The second kappa shape index (κ2) is 7.11. The van der Waals surface area contributed by atoms with E-state index in [9.17, 15) is 0 Å². The molecule has 3 aromatic heterocycles. The van der Waals surface area contributed by atoms with Crippen LogP contribution in [0.2, 0.25) is 0 Å². The van der Waals surface area contributed by atoms with Crippen LogP contribution >= 0.6 is 0 Å². The third-order valence-corrected chi connectivity index (χ3v) is 10.3. The van der Waals surface area contributed by atoms with Gasteiger partial charge in [0.05, 0.1) is 10.9 Å². The van der Waals surface area contributed by atoms with Gasteiger partial charge in [0.1, 0.15) is 34.3 Å². The molecule has 0 saturated carbocycles. The normalized spacial score (nSPS) is 16.9. The van der Waals surface area contributed by atoms with Crippen LogP contribution in [0, 0.1) is 13.8 Å². The summed E-state index contributed by atoms with van der Waals surface area (Å²) in [5.41, 5.74) is 11.8. The van der Waals surface area contributed by atoms with Crippen molar-refractivity contribution < 1.29 is 13.9 Å². The Morgan fingerprint density at radius 2 is 1.47 bits per heavy atom. The Balaban J connectivity index is 1.48. The maximum absolute atomic E-state index is 6.80. The summed E-state index contributed by atoms with van der Waals surface area (Å²) in [5, 5.41) is 6.34. The Labute approximate surface area is 247 Å². The molecule has 0 N–H and O–H groups in total. The summed E-state index contributed by atoms with van der Waals surface area (Å²) in [7, 11) is 0. The van der Waals surface area contributed by atoms with Crippen molar-refractivity contribution >= 4 is 38.1 Å². The molecule has 0 radical (unpaired) electrons. The van der Waals surface area contributed by atoms with Crippen LogP contribution < -0.4 is 13.9 Å². The second-order valence-corrected chi connectivity index (χ2v) is 12.3. The molecule has 3 aliphatic heterocycles. The molecule has 4 heteroatoms. The van der Waals surface area contributed by atoms with Crippen LogP contribution in [0.1, 0.15) is 22.3 Å². The quantitative estimate of drug-likeness (QED) is 0.150. The molecule has 1 unspecified atom stereocenters. The van der Waals surface area contributed by atoms with Crippen LogP contribution in [-0.4, -0.2) is 4.40 Å². The number of ether oxygens (including phenoxy) is 1. The monoisotopic (exact) mass is 551 g/mol. The lowest BCUT2D eigenvalue weighted by Gasteiger charge is -2.27. The summed E-state index contributed by atoms with van der Waals surface area (Å²) in [6.45, 7) is 4.47. The molecule has 4 nitrogen and oxygen atoms in total. The van der Waals surface area contributed by atoms with Crippen LogP contribution in [-0.2, 0) is 5.66 Å². The van der Waals surface area contributed by atoms with Crippen molar-refractivity contribution in [1.29, 1.82) is 0 Å². The molecule has 1 atom stereocenters. The third-order valence-electron chi connectivity index (χ3n) is 10.3. The Morgan fingerprint density at radius 1 is 0.651 bits per heavy atom. The van der Waals surface area contributed by atoms with Gasteiger partial charge in [0.25, 0.3) is 0 Å². The first-order valence-corrected chi connectivity index (χ1v) is 15.0. The maximum atomic E-state index is 6.80. The molecule has 8 aromatic rings. The van der Waals surface area contributed by atoms with E-state index in [0.29, 0.717) is 0 Å². The van der Waals surface area contributed by atoms with Crippen molar-refractivity contribution in [3.05, 3.63) is 138 Å². The van der Waals surface area contributed by atoms with E-state index in [1.807, 2.05) is 0 Å². The fourth-order valence-electron chi connectivity index (χ4n) is 8.74. The zero-order chi connectivity index (χ0) is 28.2. The number of pyridine rings is 2. The van der Waals surface area contributed by atoms with E-state index in [0.717, 1.165) is 11.5 Å². The van der Waals surface area contributed by atoms with Crippen molar-refractivity contribution in [2.75, 3.05) is 0 Å². The first-order chi connectivity index (χ1) is 21.2. The summed E-state index contributed by atoms with van der Waals surface area (Å²) in [4.78, 5) is 0. The van der Waals surface area contributed by atoms with Crippen LogP contribution in [0.4, 0.5) is 0 Å². The molecule has 0 fully saturated rings. The lowest BCUT2D eigenvalue weighted by molar-refractivity contribution is -0.950. The van der Waals surface area contributed by atoms with Gasteiger partial charge in [0.15, 0.2) is 11.9 Å². The van der Waals surface area contributed by atoms with E-state index in [4.69, 9.17) is 4.74 Å². The molecule has 5 aromatic carbocycles. The number of aryl methyl sites for hydroxylation is 2. The molecular formula is C39H25N3O+2. The summed E-state index contributed by atoms with van der Waals surface area (Å²) >= 11 is 0. The molecule has 0 bridgehead atoms. The Kier molecular flexibility index (Phi) is 3.66. The number of aromatic nitrogens is 3. The van der Waals surface area contributed by atoms with Gasteiger partial charge in [-0.1, -0.05) is 54.6 Å². The third kappa shape index (κ3) is 2.27. The first kappa shape index (κ1) is 22.2. The van der Waals surface area contributed by atoms with E-state index in [2.05, 4.69) is 143 Å². The number of hydrogen-bond donors (Lipinski definition) is 0. The summed E-state index contributed by atoms with van der Waals surface area (Å²) < 4.78 is 14.4. The number of imidazole rings is 1. The molecule has 0 saturated heterocycles. The molecule has 0 aliphatic carbocycles. The summed E-state index contributed by atoms with van der Waals surface area (Å²) in [6, 6.07) is 37.6. The highest BCUT2D eigenvalue weighted by Gasteiger charge is 2.68. The van der Waals surface area contributed by atoms with E-state index in [1.54, 1.807) is 0 Å². The first-order valence-electron chi connectivity index (χ1n) is 15.0. The molecule has 200 valence electrons. The highest BCUT2D eigenvalue weighted by atomic mass is 16.5. The van der Waals surface area contributed by atoms with Crippen LogP contribution in [0.15, 0.2) is 116 Å². The average molecular weight is 552 g/mol. The fraction of sp³-hybridized carbons (Fsp3) is 0.0769. The molecule has 0 amide bonds. The SMILES string of the molecule is Cc1cccc(C)c1-c1c[n+]2c3c4c5c(ccc4c4c6ccccc6ccc4n13)Oc1cccc3c1C52[n+]1ccccc1-3. The summed E-state index contributed by atoms with van der Waals surface area (Å²) in [6.07, 6.45) is 4.67. The molecule has 43 heavy (non-hydrogen) atoms. The topological polar surface area (TPSA) is 21.4 Å². The zero-order valence-corrected chi connectivity index (χ0v) is 23.7. The smallest absolute Gasteiger partial charge is 0.371 e. The van der Waals surface area contributed by atoms with Gasteiger partial charge in [-0.2, -0.15) is 8.97 Å². The summed E-state index contributed by atoms with van der Waals surface area (Å²) in [5.74, 6) is 1.86. The largest absolute Gasteiger partial charge is 0.456 e. The lowest BCUT2D eigenvalue weighted by Crippen LogP contribution is -2.71. The van der Waals surface area contributed by atoms with Gasteiger partial charge in [0, 0.05) is 28.5 Å². The standard InChI is InChI=1S/C39H25N3O/c1-22-9-7-10-23(2)33(22)30-21-41-38-35-27(34-25-12-4-3-11-24(25)16-18-29(34)42(30)38)17-19-32-37(35)39(41)36-26(13-8-15-31(36)43-32)28-14-5-6-20-40(28)39/h3-21H,1-2H3/q+2. The van der Waals surface area contributed by atoms with E-state index in [-0.39, 0.29) is 0 Å². The number of fused-ring (bicyclic) bond motifs is 7. The highest BCUT2D eigenvalue weighted by Crippen LogP contribution is 2.58. The number of hydrogen-bond acceptors (Lipinski definition) is 1. The molecule has 11 rings (SSSR count). The predicted octanol–water partition coefficient (Wildman–Crippen LogP) is 7.95. The van der Waals surface area contributed by atoms with Gasteiger partial charge in [-0.25, -0.2) is 0 Å². The fourth-order valence-corrected chi connectivity index (χ4v) is 8.74. The maximum Gasteiger partial charge on any atom is 0.371 e. The molecule has 1 spiro atoms. The Hall–Kier alpha value is -5.48. The van der Waals surface area contributed by atoms with Crippen LogP contribution in [0.5, 0.6) is 11.5 Å². The van der Waals surface area contributed by atoms with Crippen molar-refractivity contribution in [3.63, 3.8) is 0 Å². The Bertz CT molecular complexity index is 2610. The minimum absolute atomic E-state index is 0.592. The van der Waals surface area contributed by atoms with Gasteiger partial charge in [-0.3, -0.25) is 0 Å². The van der Waals surface area contributed by atoms with Crippen molar-refractivity contribution in [2.24, 2.45) is 0 Å². The Morgan fingerprint density at radius 3 is 2.37 bits per heavy atom. The highest BCUT2D eigenvalue weighted by molar-refractivity contribution is 6.23. The van der Waals surface area contributed by atoms with Crippen LogP contribution in [0.3, 0.4) is 0 Å². The van der Waals surface area contributed by atoms with Crippen molar-refractivity contribution in [3.8, 4) is 34.0 Å². The number of rotatable bonds is 1. The predicted molar refractivity (Wildman–Crippen MR) is 169 cm³/mol. The van der Waals surface area contributed by atoms with E-state index < -0.39 is 5.66 Å². The van der Waals surface area contributed by atoms with E-state index >= 15 is 0 Å². The van der Waals surface area contributed by atoms with Gasteiger partial charge < -0.3 is 4.74 Å². The van der Waals surface area contributed by atoms with Gasteiger partial charge in [-0.05, 0) is 72.1 Å². The van der Waals surface area contributed by atoms with Gasteiger partial charge >= 0.3 is 11.3 Å². The van der Waals surface area contributed by atoms with Gasteiger partial charge in [-0.15, -0.1) is 4.57 Å². The van der Waals surface area contributed by atoms with Gasteiger partial charge in [0.2, 0.25) is 5.69 Å². The minimum Gasteiger partial charge on any atom is -0.456 e. The lowest BCUT2D eigenvalue weighted by atomic mass is 9.85. The van der Waals surface area contributed by atoms with Crippen LogP contribution in [0.25, 0.3) is 60.6 Å². The average Bonchev–Trinajstić information content (AvgIpc) is 3.67. The van der Waals surface area contributed by atoms with Crippen molar-refractivity contribution in [2.45, 2.75) is 19.5 Å². The molecule has 3 aliphatic rings. The molecular weight excluding hydrogens is 526 g/mol. The minimum atomic E-state index is -0.592. The van der Waals surface area contributed by atoms with E-state index in [1.165, 1.54) is 82.9 Å². The zero-order valence-electron chi connectivity index (χ0n) is 23.7. The second-order valence-electron chi connectivity index (χ2n) is 12.3. The molecule has 6 heterocycles. The number of benzene rings is 5. The number of nitrogens with zero attached hydrogens (tertiary/aromatic N) is 3. The van der Waals surface area contributed by atoms with Crippen molar-refractivity contribution in [1.82, 2.24) is 4.40 Å².